The lowest BCUT2D eigenvalue weighted by Gasteiger charge is -2.09. The Bertz CT molecular complexity index is 694. The van der Waals surface area contributed by atoms with Crippen molar-refractivity contribution in [2.24, 2.45) is 5.73 Å². The molecule has 1 aromatic carbocycles. The fraction of sp³-hybridized carbons (Fsp3) is 0.182. The summed E-state index contributed by atoms with van der Waals surface area (Å²) in [6.07, 6.45) is 0. The number of rotatable bonds is 4. The first-order chi connectivity index (χ1) is 9.45. The molecule has 1 aromatic heterocycles. The van der Waals surface area contributed by atoms with Gasteiger partial charge in [-0.3, -0.25) is 14.9 Å². The van der Waals surface area contributed by atoms with E-state index in [1.807, 2.05) is 0 Å². The maximum atomic E-state index is 11.2. The number of nitro benzene ring substituents is 1. The minimum atomic E-state index is -0.724. The van der Waals surface area contributed by atoms with Crippen LogP contribution in [0.5, 0.6) is 5.75 Å². The van der Waals surface area contributed by atoms with Crippen LogP contribution in [0.1, 0.15) is 16.2 Å². The molecule has 2 N–H and O–H groups in total. The van der Waals surface area contributed by atoms with Gasteiger partial charge in [-0.2, -0.15) is 0 Å². The van der Waals surface area contributed by atoms with Crippen LogP contribution in [0.25, 0.3) is 5.69 Å². The predicted octanol–water partition coefficient (Wildman–Crippen LogP) is 0.591. The molecule has 9 nitrogen and oxygen atoms in total. The number of carbonyl (C=O) groups is 1. The molecule has 9 heteroatoms. The molecular formula is C11H11N5O4. The molecule has 0 aliphatic heterocycles. The van der Waals surface area contributed by atoms with Crippen LogP contribution in [0.2, 0.25) is 0 Å². The Morgan fingerprint density at radius 2 is 2.20 bits per heavy atom. The highest BCUT2D eigenvalue weighted by atomic mass is 16.6. The molecule has 0 unspecified atom stereocenters. The summed E-state index contributed by atoms with van der Waals surface area (Å²) in [5, 5.41) is 18.3. The second-order valence-corrected chi connectivity index (χ2v) is 3.91. The van der Waals surface area contributed by atoms with Crippen molar-refractivity contribution < 1.29 is 14.5 Å². The Balaban J connectivity index is 2.64. The minimum Gasteiger partial charge on any atom is -0.494 e. The number of nitrogens with zero attached hydrogens (tertiary/aromatic N) is 4. The van der Waals surface area contributed by atoms with E-state index >= 15 is 0 Å². The maximum absolute atomic E-state index is 11.2. The zero-order valence-electron chi connectivity index (χ0n) is 10.7. The molecular weight excluding hydrogens is 266 g/mol. The van der Waals surface area contributed by atoms with Crippen LogP contribution in [0.3, 0.4) is 0 Å². The Kier molecular flexibility index (Phi) is 3.34. The number of non-ortho nitro benzene ring substituents is 1. The predicted molar refractivity (Wildman–Crippen MR) is 67.8 cm³/mol. The molecule has 104 valence electrons. The summed E-state index contributed by atoms with van der Waals surface area (Å²) in [5.41, 5.74) is 5.71. The molecule has 0 aliphatic rings. The summed E-state index contributed by atoms with van der Waals surface area (Å²) in [5.74, 6) is -0.363. The lowest BCUT2D eigenvalue weighted by Crippen LogP contribution is -2.13. The topological polar surface area (TPSA) is 126 Å². The Morgan fingerprint density at radius 1 is 1.50 bits per heavy atom. The van der Waals surface area contributed by atoms with E-state index in [0.29, 0.717) is 17.1 Å². The van der Waals surface area contributed by atoms with Gasteiger partial charge in [-0.25, -0.2) is 4.68 Å². The maximum Gasteiger partial charge on any atom is 0.271 e. The number of nitro groups is 1. The molecule has 2 rings (SSSR count). The summed E-state index contributed by atoms with van der Waals surface area (Å²) in [6, 6.07) is 4.04. The Hall–Kier alpha value is -2.97. The summed E-state index contributed by atoms with van der Waals surface area (Å²) >= 11 is 0. The van der Waals surface area contributed by atoms with Crippen LogP contribution in [0, 0.1) is 17.0 Å². The molecule has 2 aromatic rings. The van der Waals surface area contributed by atoms with Crippen molar-refractivity contribution >= 4 is 11.6 Å². The van der Waals surface area contributed by atoms with Crippen molar-refractivity contribution in [1.82, 2.24) is 15.0 Å². The first kappa shape index (κ1) is 13.5. The third-order valence-corrected chi connectivity index (χ3v) is 2.73. The number of methoxy groups -OCH3 is 1. The van der Waals surface area contributed by atoms with Gasteiger partial charge >= 0.3 is 0 Å². The smallest absolute Gasteiger partial charge is 0.271 e. The number of nitrogens with two attached hydrogens (primary N) is 1. The fourth-order valence-electron chi connectivity index (χ4n) is 1.74. The van der Waals surface area contributed by atoms with Crippen LogP contribution < -0.4 is 10.5 Å². The molecule has 1 heterocycles. The molecule has 0 atom stereocenters. The number of aromatic nitrogens is 3. The van der Waals surface area contributed by atoms with Crippen LogP contribution in [-0.4, -0.2) is 32.9 Å². The molecule has 0 fully saturated rings. The van der Waals surface area contributed by atoms with Gasteiger partial charge in [-0.15, -0.1) is 5.10 Å². The average Bonchev–Trinajstić information content (AvgIpc) is 2.79. The third-order valence-electron chi connectivity index (χ3n) is 2.73. The van der Waals surface area contributed by atoms with Gasteiger partial charge < -0.3 is 10.5 Å². The van der Waals surface area contributed by atoms with Gasteiger partial charge in [0.05, 0.1) is 17.7 Å². The van der Waals surface area contributed by atoms with E-state index in [2.05, 4.69) is 10.3 Å². The molecule has 0 aliphatic carbocycles. The van der Waals surface area contributed by atoms with Crippen LogP contribution in [0.4, 0.5) is 5.69 Å². The fourth-order valence-corrected chi connectivity index (χ4v) is 1.74. The van der Waals surface area contributed by atoms with E-state index in [1.165, 1.54) is 30.0 Å². The summed E-state index contributed by atoms with van der Waals surface area (Å²) in [7, 11) is 1.42. The van der Waals surface area contributed by atoms with Crippen molar-refractivity contribution in [3.05, 3.63) is 39.7 Å². The quantitative estimate of drug-likeness (QED) is 0.643. The van der Waals surface area contributed by atoms with E-state index in [-0.39, 0.29) is 11.4 Å². The van der Waals surface area contributed by atoms with E-state index in [9.17, 15) is 14.9 Å². The highest BCUT2D eigenvalue weighted by Gasteiger charge is 2.19. The molecule has 1 amide bonds. The van der Waals surface area contributed by atoms with E-state index < -0.39 is 10.8 Å². The average molecular weight is 277 g/mol. The van der Waals surface area contributed by atoms with Gasteiger partial charge in [-0.1, -0.05) is 5.21 Å². The second kappa shape index (κ2) is 4.96. The third kappa shape index (κ3) is 2.16. The van der Waals surface area contributed by atoms with Gasteiger partial charge in [0.15, 0.2) is 5.69 Å². The second-order valence-electron chi connectivity index (χ2n) is 3.91. The monoisotopic (exact) mass is 277 g/mol. The lowest BCUT2D eigenvalue weighted by atomic mass is 10.2. The van der Waals surface area contributed by atoms with Crippen LogP contribution in [0.15, 0.2) is 18.2 Å². The number of benzene rings is 1. The van der Waals surface area contributed by atoms with Crippen LogP contribution >= 0.6 is 0 Å². The summed E-state index contributed by atoms with van der Waals surface area (Å²) < 4.78 is 6.40. The van der Waals surface area contributed by atoms with Crippen molar-refractivity contribution in [3.63, 3.8) is 0 Å². The Morgan fingerprint density at radius 3 is 2.70 bits per heavy atom. The first-order valence-corrected chi connectivity index (χ1v) is 5.50. The number of ether oxygens (including phenoxy) is 1. The zero-order valence-corrected chi connectivity index (χ0v) is 10.7. The van der Waals surface area contributed by atoms with Gasteiger partial charge in [0.25, 0.3) is 11.6 Å². The van der Waals surface area contributed by atoms with Crippen molar-refractivity contribution in [2.45, 2.75) is 6.92 Å². The van der Waals surface area contributed by atoms with Gasteiger partial charge in [0.1, 0.15) is 11.4 Å². The van der Waals surface area contributed by atoms with E-state index in [4.69, 9.17) is 10.5 Å². The van der Waals surface area contributed by atoms with Crippen LogP contribution in [-0.2, 0) is 0 Å². The van der Waals surface area contributed by atoms with Crippen molar-refractivity contribution in [2.75, 3.05) is 7.11 Å². The van der Waals surface area contributed by atoms with Gasteiger partial charge in [0, 0.05) is 12.1 Å². The summed E-state index contributed by atoms with van der Waals surface area (Å²) in [6.45, 7) is 1.58. The van der Waals surface area contributed by atoms with Crippen molar-refractivity contribution in [1.29, 1.82) is 0 Å². The number of amides is 1. The number of carbonyl (C=O) groups excluding carboxylic acids is 1. The molecule has 0 radical (unpaired) electrons. The molecule has 0 spiro atoms. The highest BCUT2D eigenvalue weighted by Crippen LogP contribution is 2.28. The van der Waals surface area contributed by atoms with Gasteiger partial charge in [0.2, 0.25) is 0 Å². The molecule has 0 saturated heterocycles. The largest absolute Gasteiger partial charge is 0.494 e. The van der Waals surface area contributed by atoms with Crippen molar-refractivity contribution in [3.8, 4) is 11.4 Å². The molecule has 0 saturated carbocycles. The Labute approximate surface area is 113 Å². The summed E-state index contributed by atoms with van der Waals surface area (Å²) in [4.78, 5) is 21.5. The van der Waals surface area contributed by atoms with Gasteiger partial charge in [-0.05, 0) is 13.0 Å². The standard InChI is InChI=1S/C11H11N5O4/c1-6-10(11(12)17)13-14-15(6)8-5-7(16(18)19)3-4-9(8)20-2/h3-5H,1-2H3,(H2,12,17). The SMILES string of the molecule is COc1ccc([N+](=O)[O-])cc1-n1nnc(C(N)=O)c1C. The minimum absolute atomic E-state index is 0.00133. The normalized spacial score (nSPS) is 10.3. The number of hydrogen-bond donors (Lipinski definition) is 1. The molecule has 20 heavy (non-hydrogen) atoms. The zero-order chi connectivity index (χ0) is 14.9. The number of primary amides is 1. The van der Waals surface area contributed by atoms with E-state index in [1.54, 1.807) is 6.92 Å². The van der Waals surface area contributed by atoms with E-state index in [0.717, 1.165) is 0 Å². The first-order valence-electron chi connectivity index (χ1n) is 5.50. The number of hydrogen-bond acceptors (Lipinski definition) is 6. The molecule has 0 bridgehead atoms. The highest BCUT2D eigenvalue weighted by molar-refractivity contribution is 5.91. The lowest BCUT2D eigenvalue weighted by molar-refractivity contribution is -0.384.